The van der Waals surface area contributed by atoms with Gasteiger partial charge in [-0.1, -0.05) is 133 Å². The molecule has 0 aliphatic carbocycles. The number of pyridine rings is 1. The maximum atomic E-state index is 6.56. The van der Waals surface area contributed by atoms with Crippen molar-refractivity contribution in [2.24, 2.45) is 0 Å². The van der Waals surface area contributed by atoms with Crippen molar-refractivity contribution in [2.75, 3.05) is 0 Å². The Morgan fingerprint density at radius 1 is 0.383 bits per heavy atom. The van der Waals surface area contributed by atoms with Gasteiger partial charge in [-0.25, -0.2) is 15.0 Å². The summed E-state index contributed by atoms with van der Waals surface area (Å²) in [7, 11) is 0. The van der Waals surface area contributed by atoms with E-state index in [0.717, 1.165) is 83.3 Å². The van der Waals surface area contributed by atoms with Gasteiger partial charge in [0.15, 0.2) is 11.4 Å². The third-order valence-electron chi connectivity index (χ3n) is 8.68. The van der Waals surface area contributed by atoms with Crippen molar-refractivity contribution < 1.29 is 4.42 Å². The Morgan fingerprint density at radius 2 is 0.979 bits per heavy atom. The largest absolute Gasteiger partial charge is 0.454 e. The lowest BCUT2D eigenvalue weighted by atomic mass is 9.98. The topological polar surface area (TPSA) is 51.8 Å². The highest BCUT2D eigenvalue weighted by Gasteiger charge is 2.18. The molecule has 9 aromatic rings. The molecule has 0 spiro atoms. The fourth-order valence-electron chi connectivity index (χ4n) is 6.38. The summed E-state index contributed by atoms with van der Waals surface area (Å²) in [6.07, 6.45) is 0. The summed E-state index contributed by atoms with van der Waals surface area (Å²) in [4.78, 5) is 15.1. The van der Waals surface area contributed by atoms with E-state index in [1.165, 1.54) is 0 Å². The number of benzene rings is 6. The molecule has 0 fully saturated rings. The maximum absolute atomic E-state index is 6.56. The fourth-order valence-corrected chi connectivity index (χ4v) is 6.38. The Bertz CT molecular complexity index is 2500. The van der Waals surface area contributed by atoms with Gasteiger partial charge in [-0.05, 0) is 41.5 Å². The molecule has 4 nitrogen and oxygen atoms in total. The zero-order valence-corrected chi connectivity index (χ0v) is 25.3. The van der Waals surface area contributed by atoms with Crippen LogP contribution in [0.25, 0.3) is 89.1 Å². The zero-order chi connectivity index (χ0) is 31.2. The number of hydrogen-bond acceptors (Lipinski definition) is 4. The predicted octanol–water partition coefficient (Wildman–Crippen LogP) is 11.3. The quantitative estimate of drug-likeness (QED) is 0.197. The summed E-state index contributed by atoms with van der Waals surface area (Å²) in [5.74, 6) is 0.702. The molecule has 6 aromatic carbocycles. The molecule has 0 bridgehead atoms. The third-order valence-corrected chi connectivity index (χ3v) is 8.68. The fraction of sp³-hybridized carbons (Fsp3) is 0. The molecule has 4 heteroatoms. The van der Waals surface area contributed by atoms with Gasteiger partial charge in [-0.2, -0.15) is 0 Å². The van der Waals surface area contributed by atoms with Crippen LogP contribution >= 0.6 is 0 Å². The second kappa shape index (κ2) is 11.2. The molecule has 3 aromatic heterocycles. The molecule has 0 amide bonds. The van der Waals surface area contributed by atoms with E-state index in [-0.39, 0.29) is 0 Å². The van der Waals surface area contributed by atoms with E-state index in [2.05, 4.69) is 103 Å². The van der Waals surface area contributed by atoms with Crippen LogP contribution in [0.3, 0.4) is 0 Å². The number of para-hydroxylation sites is 1. The second-order valence-corrected chi connectivity index (χ2v) is 11.6. The predicted molar refractivity (Wildman–Crippen MR) is 192 cm³/mol. The monoisotopic (exact) mass is 601 g/mol. The average molecular weight is 602 g/mol. The van der Waals surface area contributed by atoms with Crippen LogP contribution in [-0.2, 0) is 0 Å². The maximum Gasteiger partial charge on any atom is 0.162 e. The van der Waals surface area contributed by atoms with E-state index in [4.69, 9.17) is 19.4 Å². The smallest absolute Gasteiger partial charge is 0.162 e. The first kappa shape index (κ1) is 27.0. The van der Waals surface area contributed by atoms with Crippen molar-refractivity contribution in [3.8, 4) is 56.3 Å². The minimum atomic E-state index is 0.702. The molecule has 47 heavy (non-hydrogen) atoms. The minimum absolute atomic E-state index is 0.702. The van der Waals surface area contributed by atoms with Gasteiger partial charge in [-0.15, -0.1) is 0 Å². The highest BCUT2D eigenvalue weighted by atomic mass is 16.3. The Labute approximate surface area is 271 Å². The third kappa shape index (κ3) is 4.84. The van der Waals surface area contributed by atoms with Gasteiger partial charge < -0.3 is 4.42 Å². The van der Waals surface area contributed by atoms with Crippen LogP contribution in [0.1, 0.15) is 0 Å². The highest BCUT2D eigenvalue weighted by Crippen LogP contribution is 2.41. The summed E-state index contributed by atoms with van der Waals surface area (Å²) >= 11 is 0. The molecule has 0 atom stereocenters. The summed E-state index contributed by atoms with van der Waals surface area (Å²) < 4.78 is 6.56. The molecular formula is C43H27N3O. The van der Waals surface area contributed by atoms with Crippen molar-refractivity contribution in [1.82, 2.24) is 15.0 Å². The number of rotatable bonds is 5. The van der Waals surface area contributed by atoms with Gasteiger partial charge in [0.2, 0.25) is 0 Å². The van der Waals surface area contributed by atoms with E-state index in [1.807, 2.05) is 60.7 Å². The Balaban J connectivity index is 1.21. The molecule has 9 rings (SSSR count). The zero-order valence-electron chi connectivity index (χ0n) is 25.3. The van der Waals surface area contributed by atoms with Gasteiger partial charge in [0.05, 0.1) is 16.9 Å². The number of aromatic nitrogens is 3. The van der Waals surface area contributed by atoms with Crippen molar-refractivity contribution in [3.05, 3.63) is 164 Å². The van der Waals surface area contributed by atoms with Crippen LogP contribution in [0.15, 0.2) is 168 Å². The molecule has 0 saturated carbocycles. The van der Waals surface area contributed by atoms with Crippen LogP contribution in [0, 0.1) is 0 Å². The molecule has 220 valence electrons. The van der Waals surface area contributed by atoms with Crippen molar-refractivity contribution in [3.63, 3.8) is 0 Å². The number of furan rings is 1. The summed E-state index contributed by atoms with van der Waals surface area (Å²) in [6, 6.07) is 56.1. The Kier molecular flexibility index (Phi) is 6.43. The van der Waals surface area contributed by atoms with Crippen LogP contribution in [0.4, 0.5) is 0 Å². The average Bonchev–Trinajstić information content (AvgIpc) is 3.55. The highest BCUT2D eigenvalue weighted by molar-refractivity contribution is 6.21. The van der Waals surface area contributed by atoms with Crippen molar-refractivity contribution in [2.45, 2.75) is 0 Å². The minimum Gasteiger partial charge on any atom is -0.454 e. The van der Waals surface area contributed by atoms with E-state index in [1.54, 1.807) is 0 Å². The van der Waals surface area contributed by atoms with E-state index in [9.17, 15) is 0 Å². The van der Waals surface area contributed by atoms with Gasteiger partial charge in [0.1, 0.15) is 11.3 Å². The van der Waals surface area contributed by atoms with Crippen molar-refractivity contribution in [1.29, 1.82) is 0 Å². The molecule has 0 N–H and O–H groups in total. The lowest BCUT2D eigenvalue weighted by Crippen LogP contribution is -1.96. The Hall–Kier alpha value is -6.39. The van der Waals surface area contributed by atoms with Gasteiger partial charge >= 0.3 is 0 Å². The molecule has 0 saturated heterocycles. The number of fused-ring (bicyclic) bond motifs is 5. The van der Waals surface area contributed by atoms with Crippen LogP contribution in [0.2, 0.25) is 0 Å². The van der Waals surface area contributed by atoms with E-state index < -0.39 is 0 Å². The molecule has 3 heterocycles. The SMILES string of the molecule is c1ccc(-c2cc(-c3cccc(-c4ccc5oc6c(-c7ccccc7)nc7ccccc7c6c5c4)c3)nc(-c3ccccc3)n2)cc1. The molecule has 0 aliphatic heterocycles. The molecule has 0 aliphatic rings. The Morgan fingerprint density at radius 3 is 1.74 bits per heavy atom. The molecule has 0 unspecified atom stereocenters. The van der Waals surface area contributed by atoms with Gasteiger partial charge in [-0.3, -0.25) is 0 Å². The summed E-state index contributed by atoms with van der Waals surface area (Å²) in [5, 5.41) is 3.23. The molecule has 0 radical (unpaired) electrons. The van der Waals surface area contributed by atoms with Gasteiger partial charge in [0.25, 0.3) is 0 Å². The van der Waals surface area contributed by atoms with Crippen LogP contribution in [-0.4, -0.2) is 15.0 Å². The lowest BCUT2D eigenvalue weighted by molar-refractivity contribution is 0.669. The second-order valence-electron chi connectivity index (χ2n) is 11.6. The lowest BCUT2D eigenvalue weighted by Gasteiger charge is -2.11. The first-order valence-corrected chi connectivity index (χ1v) is 15.7. The van der Waals surface area contributed by atoms with Crippen LogP contribution in [0.5, 0.6) is 0 Å². The first-order valence-electron chi connectivity index (χ1n) is 15.7. The van der Waals surface area contributed by atoms with E-state index in [0.29, 0.717) is 5.82 Å². The van der Waals surface area contributed by atoms with Gasteiger partial charge in [0, 0.05) is 38.4 Å². The van der Waals surface area contributed by atoms with E-state index >= 15 is 0 Å². The van der Waals surface area contributed by atoms with Crippen LogP contribution < -0.4 is 0 Å². The standard InChI is InChI=1S/C43H27N3O/c1-4-13-28(14-5-1)37-27-38(46-43(45-37)30-17-8-3-9-18-30)33-20-12-19-31(25-33)32-23-24-39-35(26-32)40-34-21-10-11-22-36(34)44-41(42(40)47-39)29-15-6-2-7-16-29/h1-27H. The summed E-state index contributed by atoms with van der Waals surface area (Å²) in [6.45, 7) is 0. The number of nitrogens with zero attached hydrogens (tertiary/aromatic N) is 3. The van der Waals surface area contributed by atoms with Crippen molar-refractivity contribution >= 4 is 32.8 Å². The molecular weight excluding hydrogens is 574 g/mol. The normalized spacial score (nSPS) is 11.4. The summed E-state index contributed by atoms with van der Waals surface area (Å²) in [5.41, 5.74) is 11.5. The number of hydrogen-bond donors (Lipinski definition) is 0. The first-order chi connectivity index (χ1) is 23.3.